The molecule has 20 heavy (non-hydrogen) atoms. The van der Waals surface area contributed by atoms with Crippen molar-refractivity contribution in [3.8, 4) is 5.75 Å². The summed E-state index contributed by atoms with van der Waals surface area (Å²) in [6, 6.07) is 10.1. The van der Waals surface area contributed by atoms with Crippen LogP contribution in [0.4, 0.5) is 0 Å². The summed E-state index contributed by atoms with van der Waals surface area (Å²) in [5.74, 6) is 0.994. The molecule has 1 aromatic rings. The molecule has 0 aliphatic rings. The molecular weight excluding hydrogens is 246 g/mol. The second kappa shape index (κ2) is 11.8. The Balaban J connectivity index is 1.79. The fraction of sp³-hybridized carbons (Fsp3) is 0.667. The van der Waals surface area contributed by atoms with E-state index in [4.69, 9.17) is 4.74 Å². The first-order valence-corrected chi connectivity index (χ1v) is 8.11. The van der Waals surface area contributed by atoms with Gasteiger partial charge in [0, 0.05) is 0 Å². The molecule has 0 unspecified atom stereocenters. The Kier molecular flexibility index (Phi) is 10.0. The average molecular weight is 277 g/mol. The van der Waals surface area contributed by atoms with Crippen molar-refractivity contribution in [1.29, 1.82) is 0 Å². The molecular formula is C18H31NO. The third-order valence-corrected chi connectivity index (χ3v) is 3.51. The number of rotatable bonds is 12. The normalized spacial score (nSPS) is 10.9. The lowest BCUT2D eigenvalue weighted by atomic mass is 10.1. The van der Waals surface area contributed by atoms with Gasteiger partial charge in [-0.05, 0) is 45.6 Å². The Labute approximate surface area is 125 Å². The van der Waals surface area contributed by atoms with Crippen molar-refractivity contribution < 1.29 is 4.74 Å². The Hall–Kier alpha value is -1.02. The Morgan fingerprint density at radius 2 is 1.30 bits per heavy atom. The van der Waals surface area contributed by atoms with Crippen molar-refractivity contribution in [2.45, 2.75) is 51.4 Å². The molecule has 0 bridgehead atoms. The molecule has 0 spiro atoms. The minimum atomic E-state index is 0.854. The fourth-order valence-corrected chi connectivity index (χ4v) is 2.30. The molecule has 0 aliphatic heterocycles. The molecule has 0 aliphatic carbocycles. The average Bonchev–Trinajstić information content (AvgIpc) is 2.45. The molecule has 0 aromatic heterocycles. The Bertz CT molecular complexity index is 310. The monoisotopic (exact) mass is 277 g/mol. The minimum Gasteiger partial charge on any atom is -0.494 e. The van der Waals surface area contributed by atoms with Crippen LogP contribution in [0.3, 0.4) is 0 Å². The van der Waals surface area contributed by atoms with Gasteiger partial charge in [-0.25, -0.2) is 0 Å². The molecule has 2 nitrogen and oxygen atoms in total. The topological polar surface area (TPSA) is 12.5 Å². The first-order chi connectivity index (χ1) is 9.79. The summed E-state index contributed by atoms with van der Waals surface area (Å²) in [4.78, 5) is 2.27. The minimum absolute atomic E-state index is 0.854. The third-order valence-electron chi connectivity index (χ3n) is 3.51. The summed E-state index contributed by atoms with van der Waals surface area (Å²) in [5.41, 5.74) is 0. The smallest absolute Gasteiger partial charge is 0.119 e. The van der Waals surface area contributed by atoms with Crippen LogP contribution < -0.4 is 4.74 Å². The highest BCUT2D eigenvalue weighted by molar-refractivity contribution is 5.20. The van der Waals surface area contributed by atoms with Gasteiger partial charge in [-0.15, -0.1) is 0 Å². The zero-order valence-corrected chi connectivity index (χ0v) is 13.3. The Morgan fingerprint density at radius 1 is 0.750 bits per heavy atom. The van der Waals surface area contributed by atoms with E-state index >= 15 is 0 Å². The van der Waals surface area contributed by atoms with E-state index in [9.17, 15) is 0 Å². The fourth-order valence-electron chi connectivity index (χ4n) is 2.30. The van der Waals surface area contributed by atoms with Crippen molar-refractivity contribution >= 4 is 0 Å². The number of para-hydroxylation sites is 1. The molecule has 0 radical (unpaired) electrons. The first kappa shape index (κ1) is 17.0. The number of unbranched alkanes of at least 4 members (excludes halogenated alkanes) is 7. The highest BCUT2D eigenvalue weighted by Crippen LogP contribution is 2.11. The quantitative estimate of drug-likeness (QED) is 0.511. The van der Waals surface area contributed by atoms with Gasteiger partial charge >= 0.3 is 0 Å². The van der Waals surface area contributed by atoms with Crippen LogP contribution in [-0.4, -0.2) is 32.1 Å². The van der Waals surface area contributed by atoms with Gasteiger partial charge in [-0.1, -0.05) is 56.7 Å². The van der Waals surface area contributed by atoms with E-state index in [0.29, 0.717) is 0 Å². The molecule has 0 saturated carbocycles. The number of benzene rings is 1. The van der Waals surface area contributed by atoms with Crippen LogP contribution in [0.2, 0.25) is 0 Å². The van der Waals surface area contributed by atoms with Crippen LogP contribution >= 0.6 is 0 Å². The van der Waals surface area contributed by atoms with E-state index in [-0.39, 0.29) is 0 Å². The molecule has 2 heteroatoms. The number of hydrogen-bond donors (Lipinski definition) is 0. The molecule has 0 N–H and O–H groups in total. The summed E-state index contributed by atoms with van der Waals surface area (Å²) in [6.07, 6.45) is 10.7. The lowest BCUT2D eigenvalue weighted by Gasteiger charge is -2.08. The number of nitrogens with zero attached hydrogens (tertiary/aromatic N) is 1. The standard InChI is InChI=1S/C18H31NO/c1-19(2)16-12-7-5-3-4-6-8-13-17-20-18-14-10-9-11-15-18/h9-11,14-15H,3-8,12-13,16-17H2,1-2H3. The third kappa shape index (κ3) is 9.85. The molecule has 0 saturated heterocycles. The number of hydrogen-bond acceptors (Lipinski definition) is 2. The lowest BCUT2D eigenvalue weighted by Crippen LogP contribution is -2.12. The van der Waals surface area contributed by atoms with Gasteiger partial charge < -0.3 is 9.64 Å². The maximum absolute atomic E-state index is 5.68. The maximum Gasteiger partial charge on any atom is 0.119 e. The highest BCUT2D eigenvalue weighted by atomic mass is 16.5. The predicted octanol–water partition coefficient (Wildman–Crippen LogP) is 4.75. The molecule has 0 heterocycles. The van der Waals surface area contributed by atoms with Gasteiger partial charge in [0.15, 0.2) is 0 Å². The van der Waals surface area contributed by atoms with E-state index < -0.39 is 0 Å². The van der Waals surface area contributed by atoms with Crippen molar-refractivity contribution in [2.75, 3.05) is 27.2 Å². The van der Waals surface area contributed by atoms with Crippen LogP contribution in [0.15, 0.2) is 30.3 Å². The van der Waals surface area contributed by atoms with Gasteiger partial charge in [-0.2, -0.15) is 0 Å². The van der Waals surface area contributed by atoms with E-state index in [1.807, 2.05) is 30.3 Å². The summed E-state index contributed by atoms with van der Waals surface area (Å²) in [5, 5.41) is 0. The summed E-state index contributed by atoms with van der Waals surface area (Å²) < 4.78 is 5.68. The second-order valence-corrected chi connectivity index (χ2v) is 5.79. The molecule has 1 aromatic carbocycles. The van der Waals surface area contributed by atoms with E-state index in [1.54, 1.807) is 0 Å². The molecule has 114 valence electrons. The van der Waals surface area contributed by atoms with E-state index in [1.165, 1.54) is 57.9 Å². The van der Waals surface area contributed by atoms with Crippen molar-refractivity contribution in [3.63, 3.8) is 0 Å². The van der Waals surface area contributed by atoms with Gasteiger partial charge in [0.1, 0.15) is 5.75 Å². The van der Waals surface area contributed by atoms with E-state index in [2.05, 4.69) is 19.0 Å². The van der Waals surface area contributed by atoms with Crippen LogP contribution in [0.25, 0.3) is 0 Å². The molecule has 0 atom stereocenters. The van der Waals surface area contributed by atoms with E-state index in [0.717, 1.165) is 12.4 Å². The zero-order valence-electron chi connectivity index (χ0n) is 13.3. The molecule has 0 amide bonds. The highest BCUT2D eigenvalue weighted by Gasteiger charge is 1.95. The van der Waals surface area contributed by atoms with Crippen LogP contribution in [-0.2, 0) is 0 Å². The first-order valence-electron chi connectivity index (χ1n) is 8.11. The van der Waals surface area contributed by atoms with Crippen molar-refractivity contribution in [1.82, 2.24) is 4.90 Å². The van der Waals surface area contributed by atoms with Crippen LogP contribution in [0.1, 0.15) is 51.4 Å². The largest absolute Gasteiger partial charge is 0.494 e. The van der Waals surface area contributed by atoms with Gasteiger partial charge in [0.25, 0.3) is 0 Å². The number of ether oxygens (including phenoxy) is 1. The van der Waals surface area contributed by atoms with Gasteiger partial charge in [0.2, 0.25) is 0 Å². The molecule has 0 fully saturated rings. The SMILES string of the molecule is CN(C)CCCCCCCCCCOc1ccccc1. The van der Waals surface area contributed by atoms with Gasteiger partial charge in [-0.3, -0.25) is 0 Å². The molecule has 1 rings (SSSR count). The second-order valence-electron chi connectivity index (χ2n) is 5.79. The summed E-state index contributed by atoms with van der Waals surface area (Å²) in [7, 11) is 4.30. The Morgan fingerprint density at radius 3 is 1.90 bits per heavy atom. The van der Waals surface area contributed by atoms with Crippen LogP contribution in [0.5, 0.6) is 5.75 Å². The van der Waals surface area contributed by atoms with Crippen molar-refractivity contribution in [2.24, 2.45) is 0 Å². The predicted molar refractivity (Wildman–Crippen MR) is 87.4 cm³/mol. The summed E-state index contributed by atoms with van der Waals surface area (Å²) in [6.45, 7) is 2.09. The maximum atomic E-state index is 5.68. The summed E-state index contributed by atoms with van der Waals surface area (Å²) >= 11 is 0. The van der Waals surface area contributed by atoms with Gasteiger partial charge in [0.05, 0.1) is 6.61 Å². The lowest BCUT2D eigenvalue weighted by molar-refractivity contribution is 0.304. The van der Waals surface area contributed by atoms with Crippen molar-refractivity contribution in [3.05, 3.63) is 30.3 Å². The zero-order chi connectivity index (χ0) is 14.5. The van der Waals surface area contributed by atoms with Crippen LogP contribution in [0, 0.1) is 0 Å².